The fraction of sp³-hybridized carbons (Fsp3) is 0.261. The van der Waals surface area contributed by atoms with Crippen LogP contribution in [-0.4, -0.2) is 37.9 Å². The van der Waals surface area contributed by atoms with E-state index >= 15 is 0 Å². The first kappa shape index (κ1) is 18.9. The van der Waals surface area contributed by atoms with E-state index in [0.29, 0.717) is 11.8 Å². The Kier molecular flexibility index (Phi) is 4.83. The standard InChI is InChI=1S/C23H21N3O3S/c1-2-16-13-30-23-25-20(17-8-3-4-11-24-17)21(26(16)23)19-10-9-18(29-19)14-6-5-7-15(12-14)22(27)28/h3-12,16,20-21H,2,13H2,1H3,(H,27,28)/t16-,20-,21+/m0/s1. The molecule has 0 saturated carbocycles. The Labute approximate surface area is 178 Å². The summed E-state index contributed by atoms with van der Waals surface area (Å²) >= 11 is 1.79. The molecule has 1 saturated heterocycles. The van der Waals surface area contributed by atoms with E-state index in [1.165, 1.54) is 0 Å². The number of furan rings is 1. The average Bonchev–Trinajstić information content (AvgIpc) is 3.49. The van der Waals surface area contributed by atoms with Crippen LogP contribution in [0, 0.1) is 0 Å². The lowest BCUT2D eigenvalue weighted by Gasteiger charge is -2.30. The number of carboxylic acids is 1. The van der Waals surface area contributed by atoms with E-state index in [-0.39, 0.29) is 17.6 Å². The molecule has 3 aromatic rings. The molecule has 2 aromatic heterocycles. The van der Waals surface area contributed by atoms with Crippen LogP contribution < -0.4 is 0 Å². The van der Waals surface area contributed by atoms with Gasteiger partial charge in [0.2, 0.25) is 0 Å². The second kappa shape index (κ2) is 7.65. The molecular weight excluding hydrogens is 398 g/mol. The van der Waals surface area contributed by atoms with E-state index in [9.17, 15) is 9.90 Å². The van der Waals surface area contributed by atoms with Gasteiger partial charge in [-0.1, -0.05) is 36.9 Å². The Bertz CT molecular complexity index is 1110. The van der Waals surface area contributed by atoms with Gasteiger partial charge in [-0.2, -0.15) is 0 Å². The highest BCUT2D eigenvalue weighted by Gasteiger charge is 2.46. The molecule has 0 amide bonds. The zero-order valence-corrected chi connectivity index (χ0v) is 17.2. The van der Waals surface area contributed by atoms with Gasteiger partial charge < -0.3 is 14.4 Å². The molecule has 2 aliphatic rings. The Morgan fingerprint density at radius 3 is 2.90 bits per heavy atom. The van der Waals surface area contributed by atoms with Gasteiger partial charge >= 0.3 is 5.97 Å². The van der Waals surface area contributed by atoms with Crippen LogP contribution in [0.5, 0.6) is 0 Å². The molecule has 0 radical (unpaired) electrons. The third-order valence-electron chi connectivity index (χ3n) is 5.64. The molecule has 1 N–H and O–H groups in total. The molecule has 4 heterocycles. The van der Waals surface area contributed by atoms with Crippen molar-refractivity contribution in [1.29, 1.82) is 0 Å². The molecule has 1 aromatic carbocycles. The molecule has 1 fully saturated rings. The Morgan fingerprint density at radius 2 is 2.13 bits per heavy atom. The summed E-state index contributed by atoms with van der Waals surface area (Å²) in [5, 5.41) is 10.3. The SMILES string of the molecule is CC[C@H]1CSC2=N[C@@H](c3ccccn3)[C@@H](c3ccc(-c4cccc(C(=O)O)c4)o3)N21. The fourth-order valence-corrected chi connectivity index (χ4v) is 5.47. The van der Waals surface area contributed by atoms with Crippen molar-refractivity contribution in [1.82, 2.24) is 9.88 Å². The van der Waals surface area contributed by atoms with Crippen molar-refractivity contribution in [3.05, 3.63) is 77.8 Å². The van der Waals surface area contributed by atoms with Crippen LogP contribution >= 0.6 is 11.8 Å². The van der Waals surface area contributed by atoms with Crippen LogP contribution in [0.1, 0.15) is 47.2 Å². The number of nitrogens with zero attached hydrogens (tertiary/aromatic N) is 3. The van der Waals surface area contributed by atoms with Gasteiger partial charge in [-0.05, 0) is 42.8 Å². The zero-order valence-electron chi connectivity index (χ0n) is 16.4. The van der Waals surface area contributed by atoms with Crippen LogP contribution in [-0.2, 0) is 0 Å². The minimum Gasteiger partial charge on any atom is -0.478 e. The minimum absolute atomic E-state index is 0.0637. The van der Waals surface area contributed by atoms with Crippen molar-refractivity contribution in [3.63, 3.8) is 0 Å². The number of amidine groups is 1. The number of aromatic nitrogens is 1. The number of carboxylic acid groups (broad SMARTS) is 1. The van der Waals surface area contributed by atoms with Crippen LogP contribution in [0.2, 0.25) is 0 Å². The van der Waals surface area contributed by atoms with Crippen molar-refractivity contribution in [3.8, 4) is 11.3 Å². The number of aliphatic imine (C=N–C) groups is 1. The van der Waals surface area contributed by atoms with Crippen molar-refractivity contribution >= 4 is 22.9 Å². The van der Waals surface area contributed by atoms with Gasteiger partial charge in [0, 0.05) is 23.6 Å². The van der Waals surface area contributed by atoms with Gasteiger partial charge in [0.1, 0.15) is 23.6 Å². The molecule has 0 bridgehead atoms. The van der Waals surface area contributed by atoms with Crippen LogP contribution in [0.15, 0.2) is 70.2 Å². The van der Waals surface area contributed by atoms with Crippen molar-refractivity contribution in [2.24, 2.45) is 4.99 Å². The quantitative estimate of drug-likeness (QED) is 0.626. The molecule has 30 heavy (non-hydrogen) atoms. The lowest BCUT2D eigenvalue weighted by molar-refractivity contribution is 0.0697. The third-order valence-corrected chi connectivity index (χ3v) is 6.77. The lowest BCUT2D eigenvalue weighted by Crippen LogP contribution is -2.35. The number of thioether (sulfide) groups is 1. The highest BCUT2D eigenvalue weighted by atomic mass is 32.2. The summed E-state index contributed by atoms with van der Waals surface area (Å²) in [6, 6.07) is 16.8. The number of fused-ring (bicyclic) bond motifs is 1. The molecule has 7 heteroatoms. The van der Waals surface area contributed by atoms with E-state index in [0.717, 1.165) is 34.4 Å². The highest BCUT2D eigenvalue weighted by Crippen LogP contribution is 2.49. The maximum atomic E-state index is 11.3. The van der Waals surface area contributed by atoms with Gasteiger partial charge in [0.15, 0.2) is 5.17 Å². The van der Waals surface area contributed by atoms with Crippen LogP contribution in [0.25, 0.3) is 11.3 Å². The maximum Gasteiger partial charge on any atom is 0.335 e. The van der Waals surface area contributed by atoms with Crippen LogP contribution in [0.4, 0.5) is 0 Å². The van der Waals surface area contributed by atoms with Gasteiger partial charge in [0.25, 0.3) is 0 Å². The van der Waals surface area contributed by atoms with E-state index < -0.39 is 5.97 Å². The Morgan fingerprint density at radius 1 is 1.23 bits per heavy atom. The first-order valence-electron chi connectivity index (χ1n) is 9.99. The van der Waals surface area contributed by atoms with Crippen molar-refractivity contribution < 1.29 is 14.3 Å². The van der Waals surface area contributed by atoms with E-state index in [1.807, 2.05) is 36.4 Å². The predicted octanol–water partition coefficient (Wildman–Crippen LogP) is 5.02. The van der Waals surface area contributed by atoms with Gasteiger partial charge in [-0.15, -0.1) is 0 Å². The lowest BCUT2D eigenvalue weighted by atomic mass is 10.0. The molecule has 152 valence electrons. The Balaban J connectivity index is 1.54. The second-order valence-corrected chi connectivity index (χ2v) is 8.41. The summed E-state index contributed by atoms with van der Waals surface area (Å²) in [5.41, 5.74) is 1.91. The van der Waals surface area contributed by atoms with E-state index in [1.54, 1.807) is 36.2 Å². The minimum atomic E-state index is -0.951. The molecule has 0 aliphatic carbocycles. The molecule has 3 atom stereocenters. The molecule has 5 rings (SSSR count). The number of pyridine rings is 1. The maximum absolute atomic E-state index is 11.3. The van der Waals surface area contributed by atoms with Gasteiger partial charge in [-0.25, -0.2) is 9.79 Å². The summed E-state index contributed by atoms with van der Waals surface area (Å²) < 4.78 is 6.30. The Hall–Kier alpha value is -3.06. The largest absolute Gasteiger partial charge is 0.478 e. The van der Waals surface area contributed by atoms with E-state index in [2.05, 4.69) is 16.8 Å². The summed E-state index contributed by atoms with van der Waals surface area (Å²) in [5.74, 6) is 1.55. The number of benzene rings is 1. The topological polar surface area (TPSA) is 78.9 Å². The molecule has 0 unspecified atom stereocenters. The molecular formula is C23H21N3O3S. The number of hydrogen-bond acceptors (Lipinski definition) is 6. The number of rotatable bonds is 5. The molecule has 0 spiro atoms. The molecule has 6 nitrogen and oxygen atoms in total. The van der Waals surface area contributed by atoms with Crippen molar-refractivity contribution in [2.45, 2.75) is 31.5 Å². The number of aromatic carboxylic acids is 1. The molecule has 2 aliphatic heterocycles. The first-order valence-corrected chi connectivity index (χ1v) is 11.0. The monoisotopic (exact) mass is 419 g/mol. The number of hydrogen-bond donors (Lipinski definition) is 1. The van der Waals surface area contributed by atoms with Crippen molar-refractivity contribution in [2.75, 3.05) is 5.75 Å². The summed E-state index contributed by atoms with van der Waals surface area (Å²) in [7, 11) is 0. The predicted molar refractivity (Wildman–Crippen MR) is 117 cm³/mol. The fourth-order valence-electron chi connectivity index (χ4n) is 4.13. The summed E-state index contributed by atoms with van der Waals surface area (Å²) in [6.45, 7) is 2.20. The zero-order chi connectivity index (χ0) is 20.7. The second-order valence-electron chi connectivity index (χ2n) is 7.42. The summed E-state index contributed by atoms with van der Waals surface area (Å²) in [6.07, 6.45) is 2.83. The first-order chi connectivity index (χ1) is 14.7. The smallest absolute Gasteiger partial charge is 0.335 e. The highest BCUT2D eigenvalue weighted by molar-refractivity contribution is 8.14. The number of carbonyl (C=O) groups is 1. The van der Waals surface area contributed by atoms with Gasteiger partial charge in [-0.3, -0.25) is 4.98 Å². The van der Waals surface area contributed by atoms with Crippen LogP contribution in [0.3, 0.4) is 0 Å². The average molecular weight is 420 g/mol. The van der Waals surface area contributed by atoms with Gasteiger partial charge in [0.05, 0.1) is 11.3 Å². The summed E-state index contributed by atoms with van der Waals surface area (Å²) in [4.78, 5) is 23.3. The third kappa shape index (κ3) is 3.19. The van der Waals surface area contributed by atoms with E-state index in [4.69, 9.17) is 9.41 Å². The normalized spacial score (nSPS) is 22.8.